The van der Waals surface area contributed by atoms with Gasteiger partial charge in [0.15, 0.2) is 0 Å². The highest BCUT2D eigenvalue weighted by atomic mass is 16.1. The summed E-state index contributed by atoms with van der Waals surface area (Å²) in [5.41, 5.74) is 10.2. The SMILES string of the molecule is C=Cc1cc(C(=O)Nc2ccc(N)c(C)c2)[nH]c1C=C. The molecule has 20 heavy (non-hydrogen) atoms. The Kier molecular flexibility index (Phi) is 3.75. The summed E-state index contributed by atoms with van der Waals surface area (Å²) in [5.74, 6) is -0.217. The van der Waals surface area contributed by atoms with Crippen molar-refractivity contribution in [2.24, 2.45) is 0 Å². The molecule has 1 heterocycles. The smallest absolute Gasteiger partial charge is 0.272 e. The van der Waals surface area contributed by atoms with Crippen LogP contribution in [0.2, 0.25) is 0 Å². The fourth-order valence-electron chi connectivity index (χ4n) is 1.90. The molecule has 4 heteroatoms. The number of nitrogens with two attached hydrogens (primary N) is 1. The zero-order chi connectivity index (χ0) is 14.7. The van der Waals surface area contributed by atoms with Gasteiger partial charge in [-0.2, -0.15) is 0 Å². The molecule has 4 N–H and O–H groups in total. The molecule has 2 rings (SSSR count). The van der Waals surface area contributed by atoms with Crippen molar-refractivity contribution < 1.29 is 4.79 Å². The maximum absolute atomic E-state index is 12.2. The molecule has 1 amide bonds. The minimum atomic E-state index is -0.217. The van der Waals surface area contributed by atoms with E-state index >= 15 is 0 Å². The van der Waals surface area contributed by atoms with Gasteiger partial charge in [-0.3, -0.25) is 4.79 Å². The molecule has 0 atom stereocenters. The van der Waals surface area contributed by atoms with E-state index in [4.69, 9.17) is 5.73 Å². The Labute approximate surface area is 118 Å². The Morgan fingerprint density at radius 1 is 1.30 bits per heavy atom. The van der Waals surface area contributed by atoms with E-state index < -0.39 is 0 Å². The van der Waals surface area contributed by atoms with Gasteiger partial charge in [-0.1, -0.05) is 19.2 Å². The molecule has 102 valence electrons. The summed E-state index contributed by atoms with van der Waals surface area (Å²) in [7, 11) is 0. The van der Waals surface area contributed by atoms with E-state index in [1.807, 2.05) is 13.0 Å². The van der Waals surface area contributed by atoms with Crippen LogP contribution in [0.25, 0.3) is 12.2 Å². The molecule has 0 aliphatic carbocycles. The normalized spacial score (nSPS) is 10.1. The number of carbonyl (C=O) groups is 1. The molecule has 0 saturated carbocycles. The van der Waals surface area contributed by atoms with Gasteiger partial charge in [0.2, 0.25) is 0 Å². The van der Waals surface area contributed by atoms with Gasteiger partial charge < -0.3 is 16.0 Å². The first kappa shape index (κ1) is 13.7. The first-order chi connectivity index (χ1) is 9.55. The molecular weight excluding hydrogens is 250 g/mol. The Hall–Kier alpha value is -2.75. The Balaban J connectivity index is 2.23. The predicted molar refractivity (Wildman–Crippen MR) is 84.5 cm³/mol. The standard InChI is InChI=1S/C16H17N3O/c1-4-11-9-15(19-14(11)5-2)16(20)18-12-6-7-13(17)10(3)8-12/h4-9,19H,1-2,17H2,3H3,(H,18,20). The lowest BCUT2D eigenvalue weighted by Gasteiger charge is -2.06. The molecule has 2 aromatic rings. The van der Waals surface area contributed by atoms with Gasteiger partial charge in [0.1, 0.15) is 5.69 Å². The maximum atomic E-state index is 12.2. The van der Waals surface area contributed by atoms with Gasteiger partial charge in [-0.15, -0.1) is 0 Å². The molecule has 0 unspecified atom stereocenters. The summed E-state index contributed by atoms with van der Waals surface area (Å²) in [6, 6.07) is 7.11. The second-order valence-electron chi connectivity index (χ2n) is 4.49. The number of anilines is 2. The van der Waals surface area contributed by atoms with E-state index in [1.165, 1.54) is 0 Å². The number of aromatic amines is 1. The highest BCUT2D eigenvalue weighted by molar-refractivity contribution is 6.03. The third kappa shape index (κ3) is 2.64. The molecule has 0 aliphatic rings. The minimum Gasteiger partial charge on any atom is -0.399 e. The monoisotopic (exact) mass is 267 g/mol. The Morgan fingerprint density at radius 3 is 2.60 bits per heavy atom. The molecule has 0 fully saturated rings. The van der Waals surface area contributed by atoms with Gasteiger partial charge in [-0.05, 0) is 48.4 Å². The molecule has 1 aromatic carbocycles. The van der Waals surface area contributed by atoms with Crippen LogP contribution in [0.3, 0.4) is 0 Å². The number of nitrogen functional groups attached to an aromatic ring is 1. The first-order valence-electron chi connectivity index (χ1n) is 6.20. The first-order valence-corrected chi connectivity index (χ1v) is 6.20. The van der Waals surface area contributed by atoms with Crippen LogP contribution < -0.4 is 11.1 Å². The summed E-state index contributed by atoms with van der Waals surface area (Å²) < 4.78 is 0. The molecule has 0 saturated heterocycles. The average molecular weight is 267 g/mol. The molecule has 1 aromatic heterocycles. The number of carbonyl (C=O) groups excluding carboxylic acids is 1. The summed E-state index contributed by atoms with van der Waals surface area (Å²) >= 11 is 0. The highest BCUT2D eigenvalue weighted by Crippen LogP contribution is 2.18. The fraction of sp³-hybridized carbons (Fsp3) is 0.0625. The van der Waals surface area contributed by atoms with Crippen molar-refractivity contribution in [2.45, 2.75) is 6.92 Å². The number of H-pyrrole nitrogens is 1. The second-order valence-corrected chi connectivity index (χ2v) is 4.49. The van der Waals surface area contributed by atoms with Gasteiger partial charge in [-0.25, -0.2) is 0 Å². The number of aromatic nitrogens is 1. The van der Waals surface area contributed by atoms with E-state index in [0.717, 1.165) is 16.8 Å². The number of hydrogen-bond acceptors (Lipinski definition) is 2. The summed E-state index contributed by atoms with van der Waals surface area (Å²) in [6.45, 7) is 9.29. The van der Waals surface area contributed by atoms with Crippen molar-refractivity contribution in [1.82, 2.24) is 4.98 Å². The molecule has 0 aliphatic heterocycles. The lowest BCUT2D eigenvalue weighted by atomic mass is 10.2. The fourth-order valence-corrected chi connectivity index (χ4v) is 1.90. The van der Waals surface area contributed by atoms with Crippen LogP contribution in [-0.4, -0.2) is 10.9 Å². The van der Waals surface area contributed by atoms with E-state index in [2.05, 4.69) is 23.5 Å². The number of benzene rings is 1. The number of rotatable bonds is 4. The van der Waals surface area contributed by atoms with Crippen LogP contribution in [0, 0.1) is 6.92 Å². The van der Waals surface area contributed by atoms with Crippen LogP contribution in [0.5, 0.6) is 0 Å². The van der Waals surface area contributed by atoms with Gasteiger partial charge in [0.05, 0.1) is 0 Å². The molecular formula is C16H17N3O. The summed E-state index contributed by atoms with van der Waals surface area (Å²) in [5, 5.41) is 2.82. The van der Waals surface area contributed by atoms with Crippen LogP contribution in [0.15, 0.2) is 37.4 Å². The molecule has 4 nitrogen and oxygen atoms in total. The van der Waals surface area contributed by atoms with Crippen LogP contribution in [-0.2, 0) is 0 Å². The Morgan fingerprint density at radius 2 is 2.05 bits per heavy atom. The average Bonchev–Trinajstić information content (AvgIpc) is 2.86. The van der Waals surface area contributed by atoms with E-state index in [-0.39, 0.29) is 5.91 Å². The maximum Gasteiger partial charge on any atom is 0.272 e. The third-order valence-corrected chi connectivity index (χ3v) is 3.08. The number of hydrogen-bond donors (Lipinski definition) is 3. The lowest BCUT2D eigenvalue weighted by molar-refractivity contribution is 0.102. The van der Waals surface area contributed by atoms with Gasteiger partial charge in [0.25, 0.3) is 5.91 Å². The number of nitrogens with one attached hydrogen (secondary N) is 2. The van der Waals surface area contributed by atoms with Crippen molar-refractivity contribution in [3.05, 3.63) is 59.9 Å². The van der Waals surface area contributed by atoms with E-state index in [9.17, 15) is 4.79 Å². The quantitative estimate of drug-likeness (QED) is 0.742. The van der Waals surface area contributed by atoms with Crippen LogP contribution in [0.4, 0.5) is 11.4 Å². The van der Waals surface area contributed by atoms with Crippen molar-refractivity contribution in [3.63, 3.8) is 0 Å². The van der Waals surface area contributed by atoms with Crippen LogP contribution in [0.1, 0.15) is 27.3 Å². The third-order valence-electron chi connectivity index (χ3n) is 3.08. The molecule has 0 spiro atoms. The second kappa shape index (κ2) is 5.48. The molecule has 0 bridgehead atoms. The lowest BCUT2D eigenvalue weighted by Crippen LogP contribution is -2.12. The number of aryl methyl sites for hydroxylation is 1. The van der Waals surface area contributed by atoms with Gasteiger partial charge >= 0.3 is 0 Å². The summed E-state index contributed by atoms with van der Waals surface area (Å²) in [4.78, 5) is 15.2. The van der Waals surface area contributed by atoms with Gasteiger partial charge in [0, 0.05) is 17.1 Å². The highest BCUT2D eigenvalue weighted by Gasteiger charge is 2.11. The molecule has 0 radical (unpaired) electrons. The largest absolute Gasteiger partial charge is 0.399 e. The number of amides is 1. The topological polar surface area (TPSA) is 70.9 Å². The predicted octanol–water partition coefficient (Wildman–Crippen LogP) is 3.44. The van der Waals surface area contributed by atoms with Crippen LogP contribution >= 0.6 is 0 Å². The van der Waals surface area contributed by atoms with Crippen molar-refractivity contribution in [3.8, 4) is 0 Å². The van der Waals surface area contributed by atoms with Crippen molar-refractivity contribution in [1.29, 1.82) is 0 Å². The zero-order valence-corrected chi connectivity index (χ0v) is 11.4. The Bertz CT molecular complexity index is 658. The van der Waals surface area contributed by atoms with E-state index in [1.54, 1.807) is 30.4 Å². The summed E-state index contributed by atoms with van der Waals surface area (Å²) in [6.07, 6.45) is 3.33. The van der Waals surface area contributed by atoms with E-state index in [0.29, 0.717) is 17.1 Å². The minimum absolute atomic E-state index is 0.217. The van der Waals surface area contributed by atoms with Crippen molar-refractivity contribution in [2.75, 3.05) is 11.1 Å². The van der Waals surface area contributed by atoms with Crippen molar-refractivity contribution >= 4 is 29.4 Å². The zero-order valence-electron chi connectivity index (χ0n) is 11.4.